The summed E-state index contributed by atoms with van der Waals surface area (Å²) in [6, 6.07) is 13.5. The molecule has 0 aliphatic rings. The van der Waals surface area contributed by atoms with Crippen LogP contribution in [0.5, 0.6) is 0 Å². The summed E-state index contributed by atoms with van der Waals surface area (Å²) < 4.78 is 10.5. The Morgan fingerprint density at radius 2 is 1.95 bits per heavy atom. The summed E-state index contributed by atoms with van der Waals surface area (Å²) in [7, 11) is 1.60. The van der Waals surface area contributed by atoms with Crippen molar-refractivity contribution in [3.63, 3.8) is 0 Å². The van der Waals surface area contributed by atoms with Gasteiger partial charge in [-0.05, 0) is 24.1 Å². The van der Waals surface area contributed by atoms with Crippen molar-refractivity contribution < 1.29 is 13.9 Å². The largest absolute Gasteiger partial charge is 0.453 e. The Morgan fingerprint density at radius 1 is 1.19 bits per heavy atom. The van der Waals surface area contributed by atoms with E-state index in [9.17, 15) is 4.79 Å². The summed E-state index contributed by atoms with van der Waals surface area (Å²) in [4.78, 5) is 14.4. The molecule has 0 saturated carbocycles. The molecule has 0 atom stereocenters. The molecule has 2 aromatic rings. The Morgan fingerprint density at radius 3 is 2.62 bits per heavy atom. The van der Waals surface area contributed by atoms with Gasteiger partial charge in [0.05, 0.1) is 0 Å². The van der Waals surface area contributed by atoms with Gasteiger partial charge in [-0.15, -0.1) is 0 Å². The van der Waals surface area contributed by atoms with Crippen LogP contribution in [0.15, 0.2) is 46.9 Å². The molecule has 0 saturated heterocycles. The van der Waals surface area contributed by atoms with Crippen LogP contribution in [0.2, 0.25) is 0 Å². The van der Waals surface area contributed by atoms with E-state index in [0.29, 0.717) is 31.2 Å². The van der Waals surface area contributed by atoms with Crippen LogP contribution in [0.1, 0.15) is 35.2 Å². The fourth-order valence-corrected chi connectivity index (χ4v) is 2.19. The van der Waals surface area contributed by atoms with Gasteiger partial charge in [0.1, 0.15) is 12.4 Å². The normalized spacial score (nSPS) is 10.6. The average molecular weight is 287 g/mol. The van der Waals surface area contributed by atoms with Gasteiger partial charge in [-0.3, -0.25) is 4.79 Å². The molecule has 0 radical (unpaired) electrons. The highest BCUT2D eigenvalue weighted by Gasteiger charge is 2.19. The van der Waals surface area contributed by atoms with Gasteiger partial charge in [-0.25, -0.2) is 0 Å². The number of ether oxygens (including phenoxy) is 1. The molecule has 1 amide bonds. The highest BCUT2D eigenvalue weighted by atomic mass is 16.5. The van der Waals surface area contributed by atoms with Crippen molar-refractivity contribution in [2.75, 3.05) is 13.7 Å². The van der Waals surface area contributed by atoms with Crippen molar-refractivity contribution in [3.8, 4) is 0 Å². The zero-order chi connectivity index (χ0) is 15.1. The Balaban J connectivity index is 2.10. The van der Waals surface area contributed by atoms with Crippen LogP contribution in [0.4, 0.5) is 0 Å². The van der Waals surface area contributed by atoms with Crippen LogP contribution < -0.4 is 0 Å². The van der Waals surface area contributed by atoms with Crippen LogP contribution in [0, 0.1) is 0 Å². The van der Waals surface area contributed by atoms with Crippen LogP contribution in [0.25, 0.3) is 0 Å². The maximum absolute atomic E-state index is 12.5. The fraction of sp³-hybridized carbons (Fsp3) is 0.353. The Kier molecular flexibility index (Phi) is 5.58. The fourth-order valence-electron chi connectivity index (χ4n) is 2.19. The van der Waals surface area contributed by atoms with Gasteiger partial charge in [0.25, 0.3) is 5.91 Å². The Labute approximate surface area is 125 Å². The summed E-state index contributed by atoms with van der Waals surface area (Å²) in [5, 5.41) is 0. The molecule has 0 aliphatic heterocycles. The van der Waals surface area contributed by atoms with Crippen molar-refractivity contribution in [2.45, 2.75) is 26.5 Å². The number of carbonyl (C=O) groups is 1. The number of hydrogen-bond donors (Lipinski definition) is 0. The number of carbonyl (C=O) groups excluding carboxylic acids is 1. The lowest BCUT2D eigenvalue weighted by molar-refractivity contribution is 0.0703. The molecule has 0 aliphatic carbocycles. The zero-order valence-corrected chi connectivity index (χ0v) is 12.5. The summed E-state index contributed by atoms with van der Waals surface area (Å²) in [5.74, 6) is 0.950. The van der Waals surface area contributed by atoms with Gasteiger partial charge in [-0.1, -0.05) is 37.3 Å². The van der Waals surface area contributed by atoms with Crippen molar-refractivity contribution in [1.82, 2.24) is 4.90 Å². The number of methoxy groups -OCH3 is 1. The van der Waals surface area contributed by atoms with E-state index in [2.05, 4.69) is 6.92 Å². The first-order chi connectivity index (χ1) is 10.2. The molecule has 2 rings (SSSR count). The van der Waals surface area contributed by atoms with Crippen LogP contribution in [0.3, 0.4) is 0 Å². The lowest BCUT2D eigenvalue weighted by Gasteiger charge is -2.21. The van der Waals surface area contributed by atoms with Gasteiger partial charge in [-0.2, -0.15) is 0 Å². The molecule has 21 heavy (non-hydrogen) atoms. The first kappa shape index (κ1) is 15.3. The van der Waals surface area contributed by atoms with E-state index in [-0.39, 0.29) is 5.91 Å². The van der Waals surface area contributed by atoms with Crippen LogP contribution in [-0.4, -0.2) is 24.5 Å². The Bertz CT molecular complexity index is 562. The van der Waals surface area contributed by atoms with Gasteiger partial charge in [0.2, 0.25) is 0 Å². The van der Waals surface area contributed by atoms with Gasteiger partial charge in [0, 0.05) is 20.2 Å². The molecule has 0 N–H and O–H groups in total. The summed E-state index contributed by atoms with van der Waals surface area (Å²) in [6.07, 6.45) is 0.907. The molecular weight excluding hydrogens is 266 g/mol. The SMILES string of the molecule is CCCN(Cc1ccccc1)C(=O)c1ccc(COC)o1. The topological polar surface area (TPSA) is 42.7 Å². The molecule has 112 valence electrons. The second-order valence-electron chi connectivity index (χ2n) is 4.91. The maximum atomic E-state index is 12.5. The molecule has 1 aromatic heterocycles. The molecule has 0 bridgehead atoms. The Hall–Kier alpha value is -2.07. The van der Waals surface area contributed by atoms with E-state index in [0.717, 1.165) is 12.0 Å². The van der Waals surface area contributed by atoms with Crippen molar-refractivity contribution >= 4 is 5.91 Å². The molecule has 4 heteroatoms. The smallest absolute Gasteiger partial charge is 0.289 e. The van der Waals surface area contributed by atoms with E-state index >= 15 is 0 Å². The van der Waals surface area contributed by atoms with Crippen LogP contribution >= 0.6 is 0 Å². The first-order valence-corrected chi connectivity index (χ1v) is 7.15. The predicted octanol–water partition coefficient (Wildman–Crippen LogP) is 3.48. The molecule has 1 aromatic carbocycles. The standard InChI is InChI=1S/C17H21NO3/c1-3-11-18(12-14-7-5-4-6-8-14)17(19)16-10-9-15(21-16)13-20-2/h4-10H,3,11-13H2,1-2H3. The van der Waals surface area contributed by atoms with Gasteiger partial charge < -0.3 is 14.1 Å². The zero-order valence-electron chi connectivity index (χ0n) is 12.5. The lowest BCUT2D eigenvalue weighted by Crippen LogP contribution is -2.31. The van der Waals surface area contributed by atoms with E-state index in [4.69, 9.17) is 9.15 Å². The monoisotopic (exact) mass is 287 g/mol. The first-order valence-electron chi connectivity index (χ1n) is 7.15. The predicted molar refractivity (Wildman–Crippen MR) is 80.9 cm³/mol. The minimum Gasteiger partial charge on any atom is -0.453 e. The number of rotatable bonds is 7. The molecular formula is C17H21NO3. The molecule has 1 heterocycles. The molecule has 0 unspecified atom stereocenters. The third kappa shape index (κ3) is 4.20. The third-order valence-electron chi connectivity index (χ3n) is 3.16. The minimum atomic E-state index is -0.0805. The molecule has 0 spiro atoms. The number of hydrogen-bond acceptors (Lipinski definition) is 3. The van der Waals surface area contributed by atoms with Crippen molar-refractivity contribution in [2.24, 2.45) is 0 Å². The quantitative estimate of drug-likeness (QED) is 0.783. The maximum Gasteiger partial charge on any atom is 0.289 e. The number of benzene rings is 1. The van der Waals surface area contributed by atoms with Gasteiger partial charge >= 0.3 is 0 Å². The summed E-state index contributed by atoms with van der Waals surface area (Å²) >= 11 is 0. The summed E-state index contributed by atoms with van der Waals surface area (Å²) in [5.41, 5.74) is 1.11. The van der Waals surface area contributed by atoms with Gasteiger partial charge in [0.15, 0.2) is 5.76 Å². The highest BCUT2D eigenvalue weighted by Crippen LogP contribution is 2.14. The third-order valence-corrected chi connectivity index (χ3v) is 3.16. The van der Waals surface area contributed by atoms with E-state index in [1.807, 2.05) is 35.2 Å². The minimum absolute atomic E-state index is 0.0805. The molecule has 0 fully saturated rings. The second kappa shape index (κ2) is 7.64. The number of nitrogens with zero attached hydrogens (tertiary/aromatic N) is 1. The van der Waals surface area contributed by atoms with E-state index < -0.39 is 0 Å². The number of furan rings is 1. The summed E-state index contributed by atoms with van der Waals surface area (Å²) in [6.45, 7) is 3.73. The highest BCUT2D eigenvalue weighted by molar-refractivity contribution is 5.91. The molecule has 4 nitrogen and oxygen atoms in total. The lowest BCUT2D eigenvalue weighted by atomic mass is 10.2. The van der Waals surface area contributed by atoms with E-state index in [1.54, 1.807) is 19.2 Å². The van der Waals surface area contributed by atoms with Crippen molar-refractivity contribution in [1.29, 1.82) is 0 Å². The van der Waals surface area contributed by atoms with Crippen molar-refractivity contribution in [3.05, 3.63) is 59.5 Å². The average Bonchev–Trinajstić information content (AvgIpc) is 2.96. The van der Waals surface area contributed by atoms with Crippen LogP contribution in [-0.2, 0) is 17.9 Å². The number of amides is 1. The van der Waals surface area contributed by atoms with E-state index in [1.165, 1.54) is 0 Å². The second-order valence-corrected chi connectivity index (χ2v) is 4.91.